The molecule has 6 heteroatoms. The van der Waals surface area contributed by atoms with Gasteiger partial charge in [-0.3, -0.25) is 9.78 Å². The minimum Gasteiger partial charge on any atom is -0.267 e. The molecule has 0 unspecified atom stereocenters. The molecule has 4 nitrogen and oxygen atoms in total. The molecule has 0 atom stereocenters. The second kappa shape index (κ2) is 6.08. The first-order chi connectivity index (χ1) is 9.06. The Morgan fingerprint density at radius 1 is 1.37 bits per heavy atom. The van der Waals surface area contributed by atoms with Gasteiger partial charge in [0.15, 0.2) is 0 Å². The fraction of sp³-hybridized carbons (Fsp3) is 0.154. The largest absolute Gasteiger partial charge is 0.272 e. The molecule has 98 valence electrons. The van der Waals surface area contributed by atoms with E-state index in [-0.39, 0.29) is 5.91 Å². The summed E-state index contributed by atoms with van der Waals surface area (Å²) in [4.78, 5) is 16.9. The van der Waals surface area contributed by atoms with Crippen molar-refractivity contribution in [3.8, 4) is 0 Å². The molecule has 0 fully saturated rings. The van der Waals surface area contributed by atoms with Crippen molar-refractivity contribution in [2.45, 2.75) is 13.8 Å². The average Bonchev–Trinajstić information content (AvgIpc) is 2.83. The third-order valence-electron chi connectivity index (χ3n) is 2.43. The number of nitrogens with zero attached hydrogens (tertiary/aromatic N) is 2. The van der Waals surface area contributed by atoms with Gasteiger partial charge in [0.2, 0.25) is 0 Å². The average molecular weight is 338 g/mol. The highest BCUT2D eigenvalue weighted by Crippen LogP contribution is 2.22. The molecule has 2 aromatic rings. The highest BCUT2D eigenvalue weighted by Gasteiger charge is 2.06. The Labute approximate surface area is 123 Å². The number of amides is 1. The number of nitrogens with one attached hydrogen (secondary N) is 1. The molecule has 0 aliphatic carbocycles. The molecule has 0 spiro atoms. The number of hydrazone groups is 1. The summed E-state index contributed by atoms with van der Waals surface area (Å²) < 4.78 is 1.03. The van der Waals surface area contributed by atoms with Crippen LogP contribution in [0.1, 0.15) is 27.9 Å². The summed E-state index contributed by atoms with van der Waals surface area (Å²) in [5.74, 6) is -0.262. The van der Waals surface area contributed by atoms with Crippen molar-refractivity contribution < 1.29 is 4.79 Å². The van der Waals surface area contributed by atoms with Crippen LogP contribution in [0.2, 0.25) is 0 Å². The summed E-state index contributed by atoms with van der Waals surface area (Å²) in [6.45, 7) is 3.73. The van der Waals surface area contributed by atoms with Gasteiger partial charge < -0.3 is 0 Å². The molecule has 2 heterocycles. The van der Waals surface area contributed by atoms with Crippen LogP contribution in [0.5, 0.6) is 0 Å². The Bertz CT molecular complexity index is 619. The maximum Gasteiger partial charge on any atom is 0.272 e. The van der Waals surface area contributed by atoms with Crippen molar-refractivity contribution in [1.82, 2.24) is 10.4 Å². The zero-order valence-electron chi connectivity index (χ0n) is 10.5. The van der Waals surface area contributed by atoms with Gasteiger partial charge in [0, 0.05) is 11.9 Å². The summed E-state index contributed by atoms with van der Waals surface area (Å²) in [7, 11) is 0. The van der Waals surface area contributed by atoms with Crippen LogP contribution in [-0.4, -0.2) is 16.6 Å². The van der Waals surface area contributed by atoms with E-state index in [1.165, 1.54) is 6.20 Å². The minimum atomic E-state index is -0.262. The fourth-order valence-electron chi connectivity index (χ4n) is 1.37. The first-order valence-electron chi connectivity index (χ1n) is 5.59. The van der Waals surface area contributed by atoms with E-state index in [4.69, 9.17) is 0 Å². The van der Waals surface area contributed by atoms with Crippen LogP contribution in [0.4, 0.5) is 0 Å². The molecule has 0 aliphatic rings. The summed E-state index contributed by atoms with van der Waals surface area (Å²) in [5.41, 5.74) is 4.66. The van der Waals surface area contributed by atoms with Gasteiger partial charge in [0.25, 0.3) is 5.91 Å². The topological polar surface area (TPSA) is 54.4 Å². The predicted octanol–water partition coefficient (Wildman–Crippen LogP) is 3.37. The summed E-state index contributed by atoms with van der Waals surface area (Å²) >= 11 is 4.96. The van der Waals surface area contributed by atoms with E-state index < -0.39 is 0 Å². The van der Waals surface area contributed by atoms with Crippen LogP contribution in [0.25, 0.3) is 0 Å². The number of aromatic nitrogens is 1. The number of carbonyl (C=O) groups excluding carboxylic acids is 1. The summed E-state index contributed by atoms with van der Waals surface area (Å²) in [6.07, 6.45) is 1.54. The zero-order valence-corrected chi connectivity index (χ0v) is 12.9. The SMILES string of the molecule is CC(=NNC(=O)c1ccc(C)nc1)c1ccc(Br)s1. The molecule has 0 bridgehead atoms. The number of hydrogen-bond acceptors (Lipinski definition) is 4. The zero-order chi connectivity index (χ0) is 13.8. The number of hydrogen-bond donors (Lipinski definition) is 1. The molecule has 19 heavy (non-hydrogen) atoms. The van der Waals surface area contributed by atoms with Crippen molar-refractivity contribution in [3.63, 3.8) is 0 Å². The number of rotatable bonds is 3. The number of pyridine rings is 1. The lowest BCUT2D eigenvalue weighted by atomic mass is 10.2. The number of halogens is 1. The van der Waals surface area contributed by atoms with Gasteiger partial charge in [-0.05, 0) is 54.0 Å². The molecule has 1 amide bonds. The molecule has 0 saturated carbocycles. The number of thiophene rings is 1. The highest BCUT2D eigenvalue weighted by molar-refractivity contribution is 9.11. The molecule has 1 N–H and O–H groups in total. The molecular weight excluding hydrogens is 326 g/mol. The maximum atomic E-state index is 11.8. The van der Waals surface area contributed by atoms with Gasteiger partial charge in [-0.25, -0.2) is 5.43 Å². The van der Waals surface area contributed by atoms with Crippen LogP contribution in [0.15, 0.2) is 39.4 Å². The third kappa shape index (κ3) is 3.71. The lowest BCUT2D eigenvalue weighted by Crippen LogP contribution is -2.19. The highest BCUT2D eigenvalue weighted by atomic mass is 79.9. The van der Waals surface area contributed by atoms with Crippen molar-refractivity contribution in [3.05, 3.63) is 50.4 Å². The Morgan fingerprint density at radius 3 is 2.74 bits per heavy atom. The van der Waals surface area contributed by atoms with Crippen LogP contribution in [0.3, 0.4) is 0 Å². The van der Waals surface area contributed by atoms with Crippen LogP contribution in [0, 0.1) is 6.92 Å². The lowest BCUT2D eigenvalue weighted by molar-refractivity contribution is 0.0954. The summed E-state index contributed by atoms with van der Waals surface area (Å²) in [5, 5.41) is 4.09. The summed E-state index contributed by atoms with van der Waals surface area (Å²) in [6, 6.07) is 7.42. The predicted molar refractivity (Wildman–Crippen MR) is 80.7 cm³/mol. The second-order valence-corrected chi connectivity index (χ2v) is 6.39. The van der Waals surface area contributed by atoms with E-state index in [2.05, 4.69) is 31.4 Å². The first-order valence-corrected chi connectivity index (χ1v) is 7.20. The second-order valence-electron chi connectivity index (χ2n) is 3.93. The molecule has 0 radical (unpaired) electrons. The van der Waals surface area contributed by atoms with Crippen molar-refractivity contribution in [2.24, 2.45) is 5.10 Å². The molecule has 2 rings (SSSR count). The normalized spacial score (nSPS) is 11.4. The lowest BCUT2D eigenvalue weighted by Gasteiger charge is -2.01. The monoisotopic (exact) mass is 337 g/mol. The van der Waals surface area contributed by atoms with Crippen molar-refractivity contribution in [1.29, 1.82) is 0 Å². The van der Waals surface area contributed by atoms with Crippen LogP contribution < -0.4 is 5.43 Å². The van der Waals surface area contributed by atoms with Crippen LogP contribution >= 0.6 is 27.3 Å². The Hall–Kier alpha value is -1.53. The maximum absolute atomic E-state index is 11.8. The van der Waals surface area contributed by atoms with E-state index in [0.29, 0.717) is 5.56 Å². The van der Waals surface area contributed by atoms with Gasteiger partial charge in [-0.15, -0.1) is 11.3 Å². The van der Waals surface area contributed by atoms with E-state index in [9.17, 15) is 4.79 Å². The number of carbonyl (C=O) groups is 1. The molecule has 2 aromatic heterocycles. The van der Waals surface area contributed by atoms with E-state index in [1.807, 2.05) is 26.0 Å². The first kappa shape index (κ1) is 13.9. The Morgan fingerprint density at radius 2 is 2.16 bits per heavy atom. The molecule has 0 aliphatic heterocycles. The van der Waals surface area contributed by atoms with Gasteiger partial charge in [0.1, 0.15) is 0 Å². The van der Waals surface area contributed by atoms with E-state index in [1.54, 1.807) is 23.5 Å². The van der Waals surface area contributed by atoms with Gasteiger partial charge in [-0.1, -0.05) is 0 Å². The Balaban J connectivity index is 2.05. The van der Waals surface area contributed by atoms with Gasteiger partial charge in [0.05, 0.1) is 19.9 Å². The van der Waals surface area contributed by atoms with Gasteiger partial charge in [-0.2, -0.15) is 5.10 Å². The van der Waals surface area contributed by atoms with Crippen LogP contribution in [-0.2, 0) is 0 Å². The van der Waals surface area contributed by atoms with Gasteiger partial charge >= 0.3 is 0 Å². The molecular formula is C13H12BrN3OS. The smallest absolute Gasteiger partial charge is 0.267 e. The fourth-order valence-corrected chi connectivity index (χ4v) is 2.70. The molecule has 0 aromatic carbocycles. The number of aryl methyl sites for hydroxylation is 1. The molecule has 0 saturated heterocycles. The minimum absolute atomic E-state index is 0.262. The van der Waals surface area contributed by atoms with E-state index in [0.717, 1.165) is 20.1 Å². The van der Waals surface area contributed by atoms with E-state index >= 15 is 0 Å². The quantitative estimate of drug-likeness (QED) is 0.689. The Kier molecular flexibility index (Phi) is 4.44. The van der Waals surface area contributed by atoms with Crippen molar-refractivity contribution in [2.75, 3.05) is 0 Å². The van der Waals surface area contributed by atoms with Crippen molar-refractivity contribution >= 4 is 38.9 Å². The third-order valence-corrected chi connectivity index (χ3v) is 4.16. The standard InChI is InChI=1S/C13H12BrN3OS/c1-8-3-4-10(7-15-8)13(18)17-16-9(2)11-5-6-12(14)19-11/h3-7H,1-2H3,(H,17,18).